The zero-order valence-corrected chi connectivity index (χ0v) is 10.1. The molecule has 3 nitrogen and oxygen atoms in total. The van der Waals surface area contributed by atoms with Crippen LogP contribution in [-0.4, -0.2) is 19.1 Å². The van der Waals surface area contributed by atoms with Crippen LogP contribution in [0.25, 0.3) is 0 Å². The van der Waals surface area contributed by atoms with Crippen LogP contribution >= 0.6 is 15.9 Å². The number of carbonyl (C=O) groups excluding carboxylic acids is 1. The van der Waals surface area contributed by atoms with E-state index in [1.807, 2.05) is 0 Å². The smallest absolute Gasteiger partial charge is 0.252 e. The lowest BCUT2D eigenvalue weighted by atomic mass is 10.0. The lowest BCUT2D eigenvalue weighted by Crippen LogP contribution is -2.19. The number of nitrogens with one attached hydrogen (secondary N) is 1. The van der Waals surface area contributed by atoms with Crippen molar-refractivity contribution in [3.63, 3.8) is 0 Å². The molecule has 5 heteroatoms. The summed E-state index contributed by atoms with van der Waals surface area (Å²) in [5, 5.41) is 2.49. The average Bonchev–Trinajstić information content (AvgIpc) is 2.97. The maximum atomic E-state index is 14.0. The Balaban J connectivity index is 2.17. The highest BCUT2D eigenvalue weighted by Crippen LogP contribution is 2.50. The predicted octanol–water partition coefficient (Wildman–Crippen LogP) is 1.94. The number of rotatable bonds is 1. The standard InChI is InChI=1S/C11H9BrFNO2/c1-14-11(15)6-2-5-4(9(13)8(6)12)3-7-10(5)16-7/h2,7,10H,3H2,1H3,(H,14,15). The highest BCUT2D eigenvalue weighted by atomic mass is 79.9. The van der Waals surface area contributed by atoms with Gasteiger partial charge in [0.05, 0.1) is 16.1 Å². The van der Waals surface area contributed by atoms with Gasteiger partial charge in [-0.25, -0.2) is 4.39 Å². The summed E-state index contributed by atoms with van der Waals surface area (Å²) in [7, 11) is 1.52. The van der Waals surface area contributed by atoms with Crippen LogP contribution in [0, 0.1) is 5.82 Å². The van der Waals surface area contributed by atoms with Crippen molar-refractivity contribution in [2.24, 2.45) is 0 Å². The lowest BCUT2D eigenvalue weighted by molar-refractivity contribution is 0.0961. The number of carbonyl (C=O) groups is 1. The molecular weight excluding hydrogens is 277 g/mol. The third kappa shape index (κ3) is 1.25. The van der Waals surface area contributed by atoms with Gasteiger partial charge < -0.3 is 10.1 Å². The summed E-state index contributed by atoms with van der Waals surface area (Å²) in [5.41, 5.74) is 1.83. The fraction of sp³-hybridized carbons (Fsp3) is 0.364. The quantitative estimate of drug-likeness (QED) is 0.802. The van der Waals surface area contributed by atoms with Crippen LogP contribution in [-0.2, 0) is 11.2 Å². The molecule has 1 aliphatic heterocycles. The molecule has 0 bridgehead atoms. The van der Waals surface area contributed by atoms with E-state index in [4.69, 9.17) is 4.74 Å². The van der Waals surface area contributed by atoms with Crippen molar-refractivity contribution >= 4 is 21.8 Å². The molecule has 1 heterocycles. The number of benzene rings is 1. The molecule has 2 unspecified atom stereocenters. The predicted molar refractivity (Wildman–Crippen MR) is 58.8 cm³/mol. The van der Waals surface area contributed by atoms with E-state index >= 15 is 0 Å². The molecule has 1 amide bonds. The van der Waals surface area contributed by atoms with E-state index in [9.17, 15) is 9.18 Å². The molecule has 0 radical (unpaired) electrons. The largest absolute Gasteiger partial charge is 0.364 e. The summed E-state index contributed by atoms with van der Waals surface area (Å²) in [6, 6.07) is 1.72. The van der Waals surface area contributed by atoms with E-state index in [2.05, 4.69) is 21.2 Å². The molecule has 1 aromatic carbocycles. The first kappa shape index (κ1) is 10.2. The van der Waals surface area contributed by atoms with Crippen LogP contribution in [0.1, 0.15) is 27.6 Å². The Kier molecular flexibility index (Phi) is 2.09. The number of halogens is 2. The van der Waals surface area contributed by atoms with Crippen LogP contribution in [0.3, 0.4) is 0 Å². The molecule has 1 aliphatic carbocycles. The highest BCUT2D eigenvalue weighted by molar-refractivity contribution is 9.10. The van der Waals surface area contributed by atoms with Crippen LogP contribution < -0.4 is 5.32 Å². The van der Waals surface area contributed by atoms with E-state index in [0.29, 0.717) is 17.5 Å². The van der Waals surface area contributed by atoms with Gasteiger partial charge in [-0.05, 0) is 33.1 Å². The summed E-state index contributed by atoms with van der Waals surface area (Å²) in [5.74, 6) is -0.621. The second kappa shape index (κ2) is 3.28. The van der Waals surface area contributed by atoms with Crippen molar-refractivity contribution in [3.8, 4) is 0 Å². The Hall–Kier alpha value is -0.940. The average molecular weight is 286 g/mol. The van der Waals surface area contributed by atoms with E-state index in [1.54, 1.807) is 6.07 Å². The molecule has 3 rings (SSSR count). The summed E-state index contributed by atoms with van der Waals surface area (Å²) >= 11 is 3.13. The van der Waals surface area contributed by atoms with Crippen molar-refractivity contribution in [1.29, 1.82) is 0 Å². The highest BCUT2D eigenvalue weighted by Gasteiger charge is 2.49. The second-order valence-electron chi connectivity index (χ2n) is 4.00. The molecule has 84 valence electrons. The Labute approximate surface area is 100 Å². The molecule has 1 aromatic rings. The van der Waals surface area contributed by atoms with E-state index < -0.39 is 0 Å². The number of ether oxygens (including phenoxy) is 1. The van der Waals surface area contributed by atoms with Crippen LogP contribution in [0.15, 0.2) is 10.5 Å². The number of amides is 1. The van der Waals surface area contributed by atoms with Crippen LogP contribution in [0.4, 0.5) is 4.39 Å². The zero-order valence-electron chi connectivity index (χ0n) is 8.51. The van der Waals surface area contributed by atoms with Gasteiger partial charge in [-0.3, -0.25) is 4.79 Å². The zero-order chi connectivity index (χ0) is 11.4. The first-order valence-corrected chi connectivity index (χ1v) is 5.81. The molecule has 0 aromatic heterocycles. The summed E-state index contributed by atoms with van der Waals surface area (Å²) in [4.78, 5) is 11.6. The molecule has 16 heavy (non-hydrogen) atoms. The number of fused-ring (bicyclic) bond motifs is 3. The summed E-state index contributed by atoms with van der Waals surface area (Å²) in [6.45, 7) is 0. The minimum atomic E-state index is -0.327. The minimum absolute atomic E-state index is 0.000932. The molecule has 0 spiro atoms. The van der Waals surface area contributed by atoms with Crippen molar-refractivity contribution in [2.75, 3.05) is 7.05 Å². The van der Waals surface area contributed by atoms with Gasteiger partial charge in [-0.15, -0.1) is 0 Å². The molecule has 1 saturated heterocycles. The monoisotopic (exact) mass is 285 g/mol. The minimum Gasteiger partial charge on any atom is -0.364 e. The number of hydrogen-bond acceptors (Lipinski definition) is 2. The van der Waals surface area contributed by atoms with Gasteiger partial charge in [0, 0.05) is 13.5 Å². The van der Waals surface area contributed by atoms with Crippen LogP contribution in [0.2, 0.25) is 0 Å². The lowest BCUT2D eigenvalue weighted by Gasteiger charge is -2.10. The van der Waals surface area contributed by atoms with Crippen LogP contribution in [0.5, 0.6) is 0 Å². The van der Waals surface area contributed by atoms with Crippen molar-refractivity contribution < 1.29 is 13.9 Å². The van der Waals surface area contributed by atoms with Gasteiger partial charge >= 0.3 is 0 Å². The van der Waals surface area contributed by atoms with Crippen molar-refractivity contribution in [3.05, 3.63) is 33.0 Å². The Morgan fingerprint density at radius 3 is 3.12 bits per heavy atom. The molecule has 0 saturated carbocycles. The molecular formula is C11H9BrFNO2. The molecule has 2 aliphatic rings. The van der Waals surface area contributed by atoms with E-state index in [-0.39, 0.29) is 28.4 Å². The number of hydrogen-bond donors (Lipinski definition) is 1. The van der Waals surface area contributed by atoms with Gasteiger partial charge in [0.1, 0.15) is 11.9 Å². The SMILES string of the molecule is CNC(=O)c1cc2c(c(F)c1Br)CC1OC21. The fourth-order valence-electron chi connectivity index (χ4n) is 2.22. The Morgan fingerprint density at radius 2 is 2.44 bits per heavy atom. The molecule has 1 fully saturated rings. The van der Waals surface area contributed by atoms with Gasteiger partial charge in [-0.1, -0.05) is 0 Å². The van der Waals surface area contributed by atoms with Crippen molar-refractivity contribution in [1.82, 2.24) is 5.32 Å². The van der Waals surface area contributed by atoms with E-state index in [1.165, 1.54) is 7.05 Å². The summed E-state index contributed by atoms with van der Waals surface area (Å²) in [6.07, 6.45) is 0.732. The Morgan fingerprint density at radius 1 is 1.69 bits per heavy atom. The summed E-state index contributed by atoms with van der Waals surface area (Å²) < 4.78 is 19.5. The fourth-order valence-corrected chi connectivity index (χ4v) is 2.75. The van der Waals surface area contributed by atoms with Gasteiger partial charge in [-0.2, -0.15) is 0 Å². The van der Waals surface area contributed by atoms with Gasteiger partial charge in [0.2, 0.25) is 0 Å². The van der Waals surface area contributed by atoms with Gasteiger partial charge in [0.15, 0.2) is 0 Å². The number of epoxide rings is 1. The van der Waals surface area contributed by atoms with Crippen molar-refractivity contribution in [2.45, 2.75) is 18.6 Å². The normalized spacial score (nSPS) is 24.9. The first-order valence-electron chi connectivity index (χ1n) is 5.01. The molecule has 1 N–H and O–H groups in total. The maximum Gasteiger partial charge on any atom is 0.252 e. The third-order valence-electron chi connectivity index (χ3n) is 3.11. The van der Waals surface area contributed by atoms with Gasteiger partial charge in [0.25, 0.3) is 5.91 Å². The topological polar surface area (TPSA) is 41.6 Å². The molecule has 2 atom stereocenters. The van der Waals surface area contributed by atoms with E-state index in [0.717, 1.165) is 5.56 Å². The maximum absolute atomic E-state index is 14.0. The Bertz CT molecular complexity index is 503. The third-order valence-corrected chi connectivity index (χ3v) is 3.88. The first-order chi connectivity index (χ1) is 7.63. The second-order valence-corrected chi connectivity index (χ2v) is 4.79.